The van der Waals surface area contributed by atoms with Gasteiger partial charge in [-0.15, -0.1) is 0 Å². The monoisotopic (exact) mass is 238 g/mol. The van der Waals surface area contributed by atoms with E-state index in [4.69, 9.17) is 5.73 Å². The molecule has 0 aliphatic carbocycles. The fraction of sp³-hybridized carbons (Fsp3) is 0.571. The zero-order chi connectivity index (χ0) is 12.8. The normalized spacial score (nSPS) is 13.1. The number of rotatable bonds is 6. The predicted molar refractivity (Wildman–Crippen MR) is 70.1 cm³/mol. The van der Waals surface area contributed by atoms with Gasteiger partial charge in [-0.2, -0.15) is 0 Å². The van der Waals surface area contributed by atoms with Crippen LogP contribution in [0.1, 0.15) is 31.4 Å². The quantitative estimate of drug-likeness (QED) is 0.825. The average Bonchev–Trinajstić information content (AvgIpc) is 2.31. The zero-order valence-electron chi connectivity index (χ0n) is 11.0. The Morgan fingerprint density at radius 1 is 1.41 bits per heavy atom. The van der Waals surface area contributed by atoms with Gasteiger partial charge in [-0.1, -0.05) is 32.4 Å². The molecule has 0 amide bonds. The molecule has 1 atom stereocenters. The van der Waals surface area contributed by atoms with Crippen LogP contribution in [0.2, 0.25) is 0 Å². The molecule has 0 aromatic heterocycles. The molecule has 1 aromatic rings. The Hall–Kier alpha value is -0.930. The lowest BCUT2D eigenvalue weighted by molar-refractivity contribution is 0.272. The van der Waals surface area contributed by atoms with Crippen molar-refractivity contribution in [2.75, 3.05) is 13.6 Å². The average molecular weight is 238 g/mol. The fourth-order valence-electron chi connectivity index (χ4n) is 1.86. The molecule has 0 saturated heterocycles. The molecular formula is C14H23FN2. The smallest absolute Gasteiger partial charge is 0.128 e. The highest BCUT2D eigenvalue weighted by molar-refractivity contribution is 5.24. The summed E-state index contributed by atoms with van der Waals surface area (Å²) in [7, 11) is 2.03. The second-order valence-electron chi connectivity index (χ2n) is 4.84. The van der Waals surface area contributed by atoms with Crippen LogP contribution in [0, 0.1) is 11.7 Å². The third-order valence-electron chi connectivity index (χ3n) is 3.11. The summed E-state index contributed by atoms with van der Waals surface area (Å²) in [5.74, 6) is 0.496. The van der Waals surface area contributed by atoms with Crippen LogP contribution in [0.4, 0.5) is 4.39 Å². The SMILES string of the molecule is CCC(C)CN(C)Cc1ccc(CN)cc1F. The van der Waals surface area contributed by atoms with E-state index < -0.39 is 0 Å². The molecule has 17 heavy (non-hydrogen) atoms. The van der Waals surface area contributed by atoms with E-state index in [0.717, 1.165) is 24.1 Å². The topological polar surface area (TPSA) is 29.3 Å². The molecule has 1 unspecified atom stereocenters. The molecule has 3 heteroatoms. The Kier molecular flexibility index (Phi) is 5.59. The van der Waals surface area contributed by atoms with Crippen LogP contribution in [0.25, 0.3) is 0 Å². The van der Waals surface area contributed by atoms with Gasteiger partial charge < -0.3 is 10.6 Å². The third-order valence-corrected chi connectivity index (χ3v) is 3.11. The Bertz CT molecular complexity index is 352. The van der Waals surface area contributed by atoms with Crippen LogP contribution in [-0.4, -0.2) is 18.5 Å². The zero-order valence-corrected chi connectivity index (χ0v) is 11.0. The van der Waals surface area contributed by atoms with Crippen molar-refractivity contribution in [3.05, 3.63) is 35.1 Å². The Morgan fingerprint density at radius 2 is 2.12 bits per heavy atom. The summed E-state index contributed by atoms with van der Waals surface area (Å²) in [4.78, 5) is 2.16. The van der Waals surface area contributed by atoms with Gasteiger partial charge in [-0.25, -0.2) is 4.39 Å². The maximum Gasteiger partial charge on any atom is 0.128 e. The van der Waals surface area contributed by atoms with Gasteiger partial charge in [0.25, 0.3) is 0 Å². The number of benzene rings is 1. The molecule has 0 saturated carbocycles. The highest BCUT2D eigenvalue weighted by atomic mass is 19.1. The molecule has 1 rings (SSSR count). The molecule has 2 N–H and O–H groups in total. The third kappa shape index (κ3) is 4.44. The Morgan fingerprint density at radius 3 is 2.65 bits per heavy atom. The van der Waals surface area contributed by atoms with E-state index in [1.807, 2.05) is 19.2 Å². The summed E-state index contributed by atoms with van der Waals surface area (Å²) < 4.78 is 13.7. The van der Waals surface area contributed by atoms with Crippen molar-refractivity contribution in [1.82, 2.24) is 4.90 Å². The number of hydrogen-bond donors (Lipinski definition) is 1. The van der Waals surface area contributed by atoms with Crippen LogP contribution >= 0.6 is 0 Å². The maximum absolute atomic E-state index is 13.7. The summed E-state index contributed by atoms with van der Waals surface area (Å²) in [6.07, 6.45) is 1.15. The maximum atomic E-state index is 13.7. The van der Waals surface area contributed by atoms with E-state index in [1.54, 1.807) is 0 Å². The summed E-state index contributed by atoms with van der Waals surface area (Å²) in [6.45, 7) is 6.43. The minimum Gasteiger partial charge on any atom is -0.326 e. The first-order chi connectivity index (χ1) is 8.06. The molecule has 0 fully saturated rings. The van der Waals surface area contributed by atoms with Crippen LogP contribution in [0.5, 0.6) is 0 Å². The van der Waals surface area contributed by atoms with Crippen molar-refractivity contribution in [1.29, 1.82) is 0 Å². The van der Waals surface area contributed by atoms with E-state index in [1.165, 1.54) is 6.07 Å². The van der Waals surface area contributed by atoms with Crippen molar-refractivity contribution >= 4 is 0 Å². The van der Waals surface area contributed by atoms with E-state index in [-0.39, 0.29) is 5.82 Å². The van der Waals surface area contributed by atoms with Gasteiger partial charge in [0.15, 0.2) is 0 Å². The molecule has 0 aliphatic rings. The van der Waals surface area contributed by atoms with E-state index in [0.29, 0.717) is 19.0 Å². The number of nitrogens with zero attached hydrogens (tertiary/aromatic N) is 1. The van der Waals surface area contributed by atoms with Gasteiger partial charge in [0.1, 0.15) is 5.82 Å². The molecule has 0 aliphatic heterocycles. The molecule has 2 nitrogen and oxygen atoms in total. The molecule has 1 aromatic carbocycles. The Labute approximate surface area is 104 Å². The van der Waals surface area contributed by atoms with Crippen LogP contribution < -0.4 is 5.73 Å². The minimum atomic E-state index is -0.149. The number of nitrogens with two attached hydrogens (primary N) is 1. The second kappa shape index (κ2) is 6.72. The van der Waals surface area contributed by atoms with Crippen molar-refractivity contribution in [3.8, 4) is 0 Å². The first kappa shape index (κ1) is 14.1. The van der Waals surface area contributed by atoms with E-state index in [2.05, 4.69) is 18.7 Å². The highest BCUT2D eigenvalue weighted by Crippen LogP contribution is 2.13. The van der Waals surface area contributed by atoms with Crippen molar-refractivity contribution in [2.24, 2.45) is 11.7 Å². The summed E-state index contributed by atoms with van der Waals surface area (Å²) in [6, 6.07) is 5.27. The first-order valence-electron chi connectivity index (χ1n) is 6.22. The van der Waals surface area contributed by atoms with Crippen molar-refractivity contribution in [2.45, 2.75) is 33.4 Å². The van der Waals surface area contributed by atoms with E-state index >= 15 is 0 Å². The van der Waals surface area contributed by atoms with E-state index in [9.17, 15) is 4.39 Å². The molecule has 96 valence electrons. The standard InChI is InChI=1S/C14H23FN2/c1-4-11(2)9-17(3)10-13-6-5-12(8-16)7-14(13)15/h5-7,11H,4,8-10,16H2,1-3H3. The molecule has 0 spiro atoms. The van der Waals surface area contributed by atoms with Gasteiger partial charge in [0.05, 0.1) is 0 Å². The predicted octanol–water partition coefficient (Wildman–Crippen LogP) is 2.76. The highest BCUT2D eigenvalue weighted by Gasteiger charge is 2.08. The number of hydrogen-bond acceptors (Lipinski definition) is 2. The Balaban J connectivity index is 2.62. The summed E-state index contributed by atoms with van der Waals surface area (Å²) in [5, 5.41) is 0. The fourth-order valence-corrected chi connectivity index (χ4v) is 1.86. The molecule has 0 heterocycles. The first-order valence-corrected chi connectivity index (χ1v) is 6.22. The van der Waals surface area contributed by atoms with Crippen molar-refractivity contribution in [3.63, 3.8) is 0 Å². The second-order valence-corrected chi connectivity index (χ2v) is 4.84. The van der Waals surface area contributed by atoms with Crippen LogP contribution in [0.3, 0.4) is 0 Å². The van der Waals surface area contributed by atoms with Gasteiger partial charge >= 0.3 is 0 Å². The minimum absolute atomic E-state index is 0.149. The summed E-state index contributed by atoms with van der Waals surface area (Å²) in [5.41, 5.74) is 7.06. The van der Waals surface area contributed by atoms with Gasteiger partial charge in [-0.3, -0.25) is 0 Å². The van der Waals surface area contributed by atoms with Gasteiger partial charge in [-0.05, 0) is 24.6 Å². The lowest BCUT2D eigenvalue weighted by Gasteiger charge is -2.20. The van der Waals surface area contributed by atoms with Crippen LogP contribution in [-0.2, 0) is 13.1 Å². The molecule has 0 radical (unpaired) electrons. The van der Waals surface area contributed by atoms with Crippen LogP contribution in [0.15, 0.2) is 18.2 Å². The lowest BCUT2D eigenvalue weighted by atomic mass is 10.1. The van der Waals surface area contributed by atoms with Gasteiger partial charge in [0.2, 0.25) is 0 Å². The molecule has 0 bridgehead atoms. The largest absolute Gasteiger partial charge is 0.326 e. The number of halogens is 1. The van der Waals surface area contributed by atoms with Gasteiger partial charge in [0, 0.05) is 25.2 Å². The lowest BCUT2D eigenvalue weighted by Crippen LogP contribution is -2.24. The summed E-state index contributed by atoms with van der Waals surface area (Å²) >= 11 is 0. The molecular weight excluding hydrogens is 215 g/mol. The van der Waals surface area contributed by atoms with Crippen molar-refractivity contribution < 1.29 is 4.39 Å².